The van der Waals surface area contributed by atoms with Gasteiger partial charge in [-0.2, -0.15) is 0 Å². The maximum absolute atomic E-state index is 6.06. The normalized spacial score (nSPS) is 32.8. The van der Waals surface area contributed by atoms with Crippen molar-refractivity contribution < 1.29 is 4.74 Å². The van der Waals surface area contributed by atoms with Crippen molar-refractivity contribution in [3.8, 4) is 0 Å². The lowest BCUT2D eigenvalue weighted by Gasteiger charge is -2.50. The van der Waals surface area contributed by atoms with Crippen LogP contribution >= 0.6 is 0 Å². The van der Waals surface area contributed by atoms with Crippen molar-refractivity contribution in [1.29, 1.82) is 0 Å². The Morgan fingerprint density at radius 1 is 1.31 bits per heavy atom. The Kier molecular flexibility index (Phi) is 3.85. The molecular formula is C12H25N3O. The second kappa shape index (κ2) is 5.00. The quantitative estimate of drug-likeness (QED) is 0.728. The first-order valence-electron chi connectivity index (χ1n) is 6.41. The van der Waals surface area contributed by atoms with Gasteiger partial charge in [0.1, 0.15) is 0 Å². The summed E-state index contributed by atoms with van der Waals surface area (Å²) in [6.07, 6.45) is 2.76. The van der Waals surface area contributed by atoms with Crippen molar-refractivity contribution in [1.82, 2.24) is 9.80 Å². The number of likely N-dealkylation sites (tertiary alicyclic amines) is 1. The van der Waals surface area contributed by atoms with Crippen molar-refractivity contribution in [2.24, 2.45) is 5.73 Å². The van der Waals surface area contributed by atoms with Crippen LogP contribution in [0.3, 0.4) is 0 Å². The lowest BCUT2D eigenvalue weighted by atomic mass is 9.85. The van der Waals surface area contributed by atoms with E-state index in [1.165, 1.54) is 25.9 Å². The zero-order valence-electron chi connectivity index (χ0n) is 10.6. The fraction of sp³-hybridized carbons (Fsp3) is 1.00. The minimum absolute atomic E-state index is 0.241. The van der Waals surface area contributed by atoms with Gasteiger partial charge in [-0.1, -0.05) is 0 Å². The highest BCUT2D eigenvalue weighted by Gasteiger charge is 2.39. The molecule has 2 saturated heterocycles. The summed E-state index contributed by atoms with van der Waals surface area (Å²) >= 11 is 0. The highest BCUT2D eigenvalue weighted by Crippen LogP contribution is 2.29. The first-order chi connectivity index (χ1) is 7.66. The molecule has 2 N–H and O–H groups in total. The molecule has 2 aliphatic rings. The minimum atomic E-state index is 0.241. The summed E-state index contributed by atoms with van der Waals surface area (Å²) in [6.45, 7) is 8.23. The van der Waals surface area contributed by atoms with Gasteiger partial charge in [0, 0.05) is 25.2 Å². The molecule has 0 aromatic rings. The van der Waals surface area contributed by atoms with E-state index in [9.17, 15) is 0 Å². The van der Waals surface area contributed by atoms with E-state index < -0.39 is 0 Å². The summed E-state index contributed by atoms with van der Waals surface area (Å²) in [5.74, 6) is 0. The summed E-state index contributed by atoms with van der Waals surface area (Å²) in [4.78, 5) is 4.98. The molecule has 0 bridgehead atoms. The van der Waals surface area contributed by atoms with Gasteiger partial charge in [-0.25, -0.2) is 0 Å². The van der Waals surface area contributed by atoms with Gasteiger partial charge in [0.2, 0.25) is 0 Å². The van der Waals surface area contributed by atoms with Gasteiger partial charge in [-0.3, -0.25) is 4.90 Å². The number of rotatable bonds is 2. The monoisotopic (exact) mass is 227 g/mol. The maximum Gasteiger partial charge on any atom is 0.0674 e. The molecule has 2 aliphatic heterocycles. The molecule has 1 unspecified atom stereocenters. The zero-order valence-corrected chi connectivity index (χ0v) is 10.6. The predicted molar refractivity (Wildman–Crippen MR) is 65.5 cm³/mol. The van der Waals surface area contributed by atoms with Crippen molar-refractivity contribution in [2.45, 2.75) is 31.4 Å². The Hall–Kier alpha value is -0.160. The first-order valence-corrected chi connectivity index (χ1v) is 6.41. The number of ether oxygens (including phenoxy) is 1. The predicted octanol–water partition coefficient (Wildman–Crippen LogP) is 0.130. The Balaban J connectivity index is 2.02. The molecule has 4 heteroatoms. The van der Waals surface area contributed by atoms with Crippen molar-refractivity contribution in [2.75, 3.05) is 46.4 Å². The first kappa shape index (κ1) is 12.3. The van der Waals surface area contributed by atoms with Crippen molar-refractivity contribution in [3.63, 3.8) is 0 Å². The molecule has 0 radical (unpaired) electrons. The van der Waals surface area contributed by atoms with E-state index in [-0.39, 0.29) is 5.54 Å². The minimum Gasteiger partial charge on any atom is -0.376 e. The molecule has 0 saturated carbocycles. The zero-order chi connectivity index (χ0) is 11.6. The van der Waals surface area contributed by atoms with E-state index in [4.69, 9.17) is 10.5 Å². The van der Waals surface area contributed by atoms with Gasteiger partial charge in [0.15, 0.2) is 0 Å². The molecule has 0 amide bonds. The maximum atomic E-state index is 6.06. The Morgan fingerprint density at radius 3 is 2.56 bits per heavy atom. The van der Waals surface area contributed by atoms with Crippen LogP contribution in [0.1, 0.15) is 19.8 Å². The smallest absolute Gasteiger partial charge is 0.0674 e. The van der Waals surface area contributed by atoms with Crippen LogP contribution in [-0.2, 0) is 4.74 Å². The average molecular weight is 227 g/mol. The number of hydrogen-bond acceptors (Lipinski definition) is 4. The van der Waals surface area contributed by atoms with Crippen LogP contribution in [0, 0.1) is 0 Å². The van der Waals surface area contributed by atoms with Crippen LogP contribution in [-0.4, -0.2) is 67.8 Å². The molecule has 1 atom stereocenters. The van der Waals surface area contributed by atoms with Gasteiger partial charge >= 0.3 is 0 Å². The van der Waals surface area contributed by atoms with Crippen LogP contribution in [0.2, 0.25) is 0 Å². The summed E-state index contributed by atoms with van der Waals surface area (Å²) in [5.41, 5.74) is 6.30. The van der Waals surface area contributed by atoms with E-state index in [1.54, 1.807) is 0 Å². The van der Waals surface area contributed by atoms with E-state index in [2.05, 4.69) is 23.8 Å². The third kappa shape index (κ3) is 2.40. The third-order valence-electron chi connectivity index (χ3n) is 4.21. The highest BCUT2D eigenvalue weighted by atomic mass is 16.5. The second-order valence-electron chi connectivity index (χ2n) is 5.36. The highest BCUT2D eigenvalue weighted by molar-refractivity contribution is 4.97. The van der Waals surface area contributed by atoms with Gasteiger partial charge < -0.3 is 15.4 Å². The molecule has 2 fully saturated rings. The number of hydrogen-bond donors (Lipinski definition) is 1. The summed E-state index contributed by atoms with van der Waals surface area (Å²) in [6, 6.07) is 0. The molecule has 94 valence electrons. The van der Waals surface area contributed by atoms with Crippen LogP contribution in [0.4, 0.5) is 0 Å². The van der Waals surface area contributed by atoms with Gasteiger partial charge in [0.05, 0.1) is 12.7 Å². The Bertz CT molecular complexity index is 226. The van der Waals surface area contributed by atoms with Gasteiger partial charge in [0.25, 0.3) is 0 Å². The van der Waals surface area contributed by atoms with E-state index in [0.717, 1.165) is 26.2 Å². The summed E-state index contributed by atoms with van der Waals surface area (Å²) in [7, 11) is 2.20. The van der Waals surface area contributed by atoms with E-state index in [0.29, 0.717) is 6.10 Å². The largest absolute Gasteiger partial charge is 0.376 e. The number of morpholine rings is 1. The lowest BCUT2D eigenvalue weighted by Crippen LogP contribution is -2.62. The molecule has 2 rings (SSSR count). The molecular weight excluding hydrogens is 202 g/mol. The van der Waals surface area contributed by atoms with E-state index in [1.807, 2.05) is 0 Å². The molecule has 0 spiro atoms. The average Bonchev–Trinajstić information content (AvgIpc) is 2.31. The van der Waals surface area contributed by atoms with Crippen LogP contribution < -0.4 is 5.73 Å². The fourth-order valence-electron chi connectivity index (χ4n) is 2.93. The standard InChI is InChI=1S/C12H25N3O/c1-11-9-15(7-8-16-11)12(10-13)3-5-14(2)6-4-12/h11H,3-10,13H2,1-2H3. The van der Waals surface area contributed by atoms with Crippen molar-refractivity contribution in [3.05, 3.63) is 0 Å². The summed E-state index contributed by atoms with van der Waals surface area (Å²) < 4.78 is 5.62. The fourth-order valence-corrected chi connectivity index (χ4v) is 2.93. The van der Waals surface area contributed by atoms with Crippen LogP contribution in [0.25, 0.3) is 0 Å². The topological polar surface area (TPSA) is 41.7 Å². The molecule has 0 aromatic carbocycles. The van der Waals surface area contributed by atoms with Crippen molar-refractivity contribution >= 4 is 0 Å². The number of nitrogens with zero attached hydrogens (tertiary/aromatic N) is 2. The SMILES string of the molecule is CC1CN(C2(CN)CCN(C)CC2)CCO1. The molecule has 0 aliphatic carbocycles. The molecule has 0 aromatic heterocycles. The number of piperidine rings is 1. The number of nitrogens with two attached hydrogens (primary N) is 1. The van der Waals surface area contributed by atoms with Crippen LogP contribution in [0.5, 0.6) is 0 Å². The molecule has 16 heavy (non-hydrogen) atoms. The van der Waals surface area contributed by atoms with Crippen LogP contribution in [0.15, 0.2) is 0 Å². The Labute approximate surface area is 98.7 Å². The lowest BCUT2D eigenvalue weighted by molar-refractivity contribution is -0.0751. The Morgan fingerprint density at radius 2 is 2.00 bits per heavy atom. The third-order valence-corrected chi connectivity index (χ3v) is 4.21. The second-order valence-corrected chi connectivity index (χ2v) is 5.36. The van der Waals surface area contributed by atoms with E-state index >= 15 is 0 Å². The molecule has 4 nitrogen and oxygen atoms in total. The van der Waals surface area contributed by atoms with Gasteiger partial charge in [-0.15, -0.1) is 0 Å². The summed E-state index contributed by atoms with van der Waals surface area (Å²) in [5, 5.41) is 0. The molecule has 2 heterocycles. The van der Waals surface area contributed by atoms with Gasteiger partial charge in [-0.05, 0) is 39.9 Å².